The Hall–Kier alpha value is -1.74. The minimum atomic E-state index is 0.0979. The molecule has 31 heavy (non-hydrogen) atoms. The monoisotopic (exact) mass is 469 g/mol. The van der Waals surface area contributed by atoms with Gasteiger partial charge in [0.1, 0.15) is 9.84 Å². The third-order valence-corrected chi connectivity index (χ3v) is 9.79. The van der Waals surface area contributed by atoms with Crippen LogP contribution in [-0.4, -0.2) is 27.2 Å². The molecule has 0 amide bonds. The van der Waals surface area contributed by atoms with Crippen LogP contribution in [0.2, 0.25) is 0 Å². The number of thioether (sulfide) groups is 1. The molecule has 2 unspecified atom stereocenters. The Kier molecular flexibility index (Phi) is 5.13. The number of fused-ring (bicyclic) bond motifs is 4. The minimum Gasteiger partial charge on any atom is -0.376 e. The van der Waals surface area contributed by atoms with E-state index in [0.717, 1.165) is 64.6 Å². The van der Waals surface area contributed by atoms with Crippen LogP contribution < -0.4 is 5.56 Å². The molecular weight excluding hydrogens is 446 g/mol. The first-order valence-electron chi connectivity index (χ1n) is 10.9. The lowest BCUT2D eigenvalue weighted by Crippen LogP contribution is -2.29. The molecule has 1 aliphatic heterocycles. The Bertz CT molecular complexity index is 1300. The summed E-state index contributed by atoms with van der Waals surface area (Å²) < 4.78 is 8.96. The standard InChI is InChI=1S/C23H23N3O2S3/c1-13(20-24-16-8-2-3-9-18(16)31-20)29-23-25-21-19(15-7-4-10-17(15)30-21)22(27)26(23)12-14-6-5-11-28-14/h2-3,8-9,13-14H,4-7,10-12H2,1H3. The summed E-state index contributed by atoms with van der Waals surface area (Å²) in [5.74, 6) is 0. The zero-order valence-corrected chi connectivity index (χ0v) is 19.7. The van der Waals surface area contributed by atoms with Gasteiger partial charge in [0.2, 0.25) is 0 Å². The van der Waals surface area contributed by atoms with Crippen molar-refractivity contribution in [3.63, 3.8) is 0 Å². The van der Waals surface area contributed by atoms with Gasteiger partial charge < -0.3 is 4.74 Å². The summed E-state index contributed by atoms with van der Waals surface area (Å²) in [5, 5.41) is 2.83. The van der Waals surface area contributed by atoms with E-state index < -0.39 is 0 Å². The average Bonchev–Trinajstić information content (AvgIpc) is 3.54. The van der Waals surface area contributed by atoms with E-state index in [1.807, 2.05) is 16.7 Å². The SMILES string of the molecule is CC(Sc1nc2sc3c(c2c(=O)n1CC1CCCO1)CCC3)c1nc2ccccc2s1. The predicted molar refractivity (Wildman–Crippen MR) is 129 cm³/mol. The van der Waals surface area contributed by atoms with Gasteiger partial charge in [-0.2, -0.15) is 0 Å². The van der Waals surface area contributed by atoms with Gasteiger partial charge in [0.25, 0.3) is 5.56 Å². The molecule has 2 aliphatic rings. The summed E-state index contributed by atoms with van der Waals surface area (Å²) in [5.41, 5.74) is 2.39. The number of benzene rings is 1. The molecule has 2 atom stereocenters. The summed E-state index contributed by atoms with van der Waals surface area (Å²) >= 11 is 5.07. The highest BCUT2D eigenvalue weighted by Crippen LogP contribution is 2.40. The number of aromatic nitrogens is 3. The fourth-order valence-electron chi connectivity index (χ4n) is 4.57. The molecule has 1 fully saturated rings. The molecule has 0 bridgehead atoms. The summed E-state index contributed by atoms with van der Waals surface area (Å²) in [7, 11) is 0. The van der Waals surface area contributed by atoms with Crippen LogP contribution >= 0.6 is 34.4 Å². The summed E-state index contributed by atoms with van der Waals surface area (Å²) in [4.78, 5) is 25.8. The van der Waals surface area contributed by atoms with Crippen molar-refractivity contribution in [2.24, 2.45) is 0 Å². The lowest BCUT2D eigenvalue weighted by atomic mass is 10.2. The molecule has 1 aliphatic carbocycles. The van der Waals surface area contributed by atoms with Gasteiger partial charge in [-0.1, -0.05) is 23.9 Å². The first kappa shape index (κ1) is 19.9. The quantitative estimate of drug-likeness (QED) is 0.282. The van der Waals surface area contributed by atoms with E-state index in [0.29, 0.717) is 6.54 Å². The maximum atomic E-state index is 13.7. The number of ether oxygens (including phenoxy) is 1. The number of aryl methyl sites for hydroxylation is 2. The van der Waals surface area contributed by atoms with Crippen LogP contribution in [-0.2, 0) is 24.1 Å². The van der Waals surface area contributed by atoms with E-state index in [1.165, 1.54) is 15.1 Å². The molecule has 5 nitrogen and oxygen atoms in total. The maximum absolute atomic E-state index is 13.7. The number of para-hydroxylation sites is 1. The predicted octanol–water partition coefficient (Wildman–Crippen LogP) is 5.59. The largest absolute Gasteiger partial charge is 0.376 e. The van der Waals surface area contributed by atoms with Gasteiger partial charge in [-0.25, -0.2) is 9.97 Å². The van der Waals surface area contributed by atoms with Crippen molar-refractivity contribution in [3.8, 4) is 0 Å². The van der Waals surface area contributed by atoms with Crippen molar-refractivity contribution in [3.05, 3.63) is 50.1 Å². The molecule has 8 heteroatoms. The van der Waals surface area contributed by atoms with Crippen LogP contribution in [0.15, 0.2) is 34.2 Å². The second-order valence-corrected chi connectivity index (χ2v) is 11.7. The van der Waals surface area contributed by atoms with Gasteiger partial charge in [-0.3, -0.25) is 9.36 Å². The van der Waals surface area contributed by atoms with Gasteiger partial charge in [-0.05, 0) is 56.7 Å². The zero-order valence-electron chi connectivity index (χ0n) is 17.3. The zero-order chi connectivity index (χ0) is 20.9. The number of hydrogen-bond acceptors (Lipinski definition) is 7. The minimum absolute atomic E-state index is 0.0979. The van der Waals surface area contributed by atoms with E-state index >= 15 is 0 Å². The molecular formula is C23H23N3O2S3. The van der Waals surface area contributed by atoms with Crippen LogP contribution in [0.25, 0.3) is 20.4 Å². The number of thiophene rings is 1. The molecule has 1 aromatic carbocycles. The van der Waals surface area contributed by atoms with Crippen LogP contribution in [0.4, 0.5) is 0 Å². The second-order valence-electron chi connectivity index (χ2n) is 8.26. The molecule has 0 N–H and O–H groups in total. The van der Waals surface area contributed by atoms with Gasteiger partial charge in [-0.15, -0.1) is 22.7 Å². The highest BCUT2D eigenvalue weighted by Gasteiger charge is 2.26. The number of rotatable bonds is 5. The second kappa shape index (κ2) is 7.99. The van der Waals surface area contributed by atoms with Crippen LogP contribution in [0.1, 0.15) is 46.9 Å². The third-order valence-electron chi connectivity index (χ3n) is 6.14. The molecule has 3 aromatic heterocycles. The smallest absolute Gasteiger partial charge is 0.263 e. The van der Waals surface area contributed by atoms with Crippen LogP contribution in [0.5, 0.6) is 0 Å². The molecule has 1 saturated heterocycles. The van der Waals surface area contributed by atoms with Gasteiger partial charge >= 0.3 is 0 Å². The fourth-order valence-corrected chi connectivity index (χ4v) is 7.97. The Morgan fingerprint density at radius 3 is 2.97 bits per heavy atom. The van der Waals surface area contributed by atoms with Gasteiger partial charge in [0.15, 0.2) is 5.16 Å². The van der Waals surface area contributed by atoms with Crippen LogP contribution in [0, 0.1) is 0 Å². The first-order valence-corrected chi connectivity index (χ1v) is 13.4. The van der Waals surface area contributed by atoms with Crippen molar-refractivity contribution in [2.75, 3.05) is 6.61 Å². The Balaban J connectivity index is 1.42. The van der Waals surface area contributed by atoms with Crippen molar-refractivity contribution < 1.29 is 4.74 Å². The lowest BCUT2D eigenvalue weighted by Gasteiger charge is -2.17. The van der Waals surface area contributed by atoms with Crippen LogP contribution in [0.3, 0.4) is 0 Å². The summed E-state index contributed by atoms with van der Waals surface area (Å²) in [6.07, 6.45) is 5.39. The molecule has 6 rings (SSSR count). The van der Waals surface area contributed by atoms with E-state index in [9.17, 15) is 4.79 Å². The van der Waals surface area contributed by atoms with E-state index in [-0.39, 0.29) is 16.9 Å². The highest BCUT2D eigenvalue weighted by atomic mass is 32.2. The number of hydrogen-bond donors (Lipinski definition) is 0. The van der Waals surface area contributed by atoms with Gasteiger partial charge in [0, 0.05) is 11.5 Å². The Labute approximate surface area is 192 Å². The number of nitrogens with zero attached hydrogens (tertiary/aromatic N) is 3. The highest BCUT2D eigenvalue weighted by molar-refractivity contribution is 7.99. The van der Waals surface area contributed by atoms with Gasteiger partial charge in [0.05, 0.1) is 33.5 Å². The Morgan fingerprint density at radius 2 is 2.13 bits per heavy atom. The molecule has 4 heterocycles. The summed E-state index contributed by atoms with van der Waals surface area (Å²) in [6, 6.07) is 8.23. The number of thiazole rings is 1. The first-order chi connectivity index (χ1) is 15.2. The lowest BCUT2D eigenvalue weighted by molar-refractivity contribution is 0.0937. The van der Waals surface area contributed by atoms with Crippen molar-refractivity contribution in [1.82, 2.24) is 14.5 Å². The van der Waals surface area contributed by atoms with E-state index in [2.05, 4.69) is 19.1 Å². The molecule has 0 radical (unpaired) electrons. The topological polar surface area (TPSA) is 57.0 Å². The fraction of sp³-hybridized carbons (Fsp3) is 0.435. The third kappa shape index (κ3) is 3.53. The molecule has 160 valence electrons. The maximum Gasteiger partial charge on any atom is 0.263 e. The molecule has 0 spiro atoms. The normalized spacial score (nSPS) is 19.5. The molecule has 0 saturated carbocycles. The van der Waals surface area contributed by atoms with E-state index in [4.69, 9.17) is 14.7 Å². The Morgan fingerprint density at radius 1 is 1.23 bits per heavy atom. The average molecular weight is 470 g/mol. The van der Waals surface area contributed by atoms with Crippen molar-refractivity contribution in [2.45, 2.75) is 62.1 Å². The van der Waals surface area contributed by atoms with Crippen molar-refractivity contribution in [1.29, 1.82) is 0 Å². The summed E-state index contributed by atoms with van der Waals surface area (Å²) in [6.45, 7) is 3.53. The molecule has 4 aromatic rings. The van der Waals surface area contributed by atoms with Crippen molar-refractivity contribution >= 4 is 54.9 Å². The van der Waals surface area contributed by atoms with E-state index in [1.54, 1.807) is 34.4 Å².